The average Bonchev–Trinajstić information content (AvgIpc) is 3.24. The van der Waals surface area contributed by atoms with E-state index in [1.807, 2.05) is 56.3 Å². The monoisotopic (exact) mass is 491 g/mol. The van der Waals surface area contributed by atoms with Gasteiger partial charge >= 0.3 is 0 Å². The van der Waals surface area contributed by atoms with E-state index in [9.17, 15) is 14.9 Å². The highest BCUT2D eigenvalue weighted by atomic mass is 32.2. The van der Waals surface area contributed by atoms with Crippen LogP contribution >= 0.6 is 23.1 Å². The third-order valence-electron chi connectivity index (χ3n) is 4.87. The molecular formula is C24H21N5O3S2. The number of nitrogens with zero attached hydrogens (tertiary/aromatic N) is 3. The number of anilines is 1. The number of hydrogen-bond donors (Lipinski definition) is 2. The summed E-state index contributed by atoms with van der Waals surface area (Å²) in [4.78, 5) is 37.1. The Morgan fingerprint density at radius 2 is 2.03 bits per heavy atom. The van der Waals surface area contributed by atoms with Gasteiger partial charge in [0.05, 0.1) is 27.8 Å². The summed E-state index contributed by atoms with van der Waals surface area (Å²) in [5.41, 5.74) is 1.13. The van der Waals surface area contributed by atoms with E-state index in [0.717, 1.165) is 27.7 Å². The van der Waals surface area contributed by atoms with E-state index in [-0.39, 0.29) is 16.6 Å². The van der Waals surface area contributed by atoms with Gasteiger partial charge in [0, 0.05) is 5.56 Å². The number of nitrogens with one attached hydrogen (secondary N) is 2. The maximum Gasteiger partial charge on any atom is 0.270 e. The highest BCUT2D eigenvalue weighted by Gasteiger charge is 2.22. The van der Waals surface area contributed by atoms with Crippen LogP contribution in [0.4, 0.5) is 5.13 Å². The summed E-state index contributed by atoms with van der Waals surface area (Å²) in [6, 6.07) is 16.6. The molecule has 2 heterocycles. The summed E-state index contributed by atoms with van der Waals surface area (Å²) in [6.07, 6.45) is 0.500. The van der Waals surface area contributed by atoms with Crippen molar-refractivity contribution < 1.29 is 9.53 Å². The van der Waals surface area contributed by atoms with Crippen molar-refractivity contribution in [1.82, 2.24) is 15.0 Å². The first-order chi connectivity index (χ1) is 16.5. The molecule has 1 atom stereocenters. The second-order valence-corrected chi connectivity index (χ2v) is 9.38. The molecule has 4 aromatic rings. The van der Waals surface area contributed by atoms with Crippen LogP contribution in [0.3, 0.4) is 0 Å². The van der Waals surface area contributed by atoms with Crippen molar-refractivity contribution in [2.24, 2.45) is 0 Å². The molecule has 34 heavy (non-hydrogen) atoms. The second-order valence-electron chi connectivity index (χ2n) is 7.16. The lowest BCUT2D eigenvalue weighted by atomic mass is 10.1. The predicted molar refractivity (Wildman–Crippen MR) is 134 cm³/mol. The fraction of sp³-hybridized carbons (Fsp3) is 0.208. The zero-order chi connectivity index (χ0) is 24.1. The van der Waals surface area contributed by atoms with Gasteiger partial charge in [-0.05, 0) is 31.5 Å². The number of carbonyl (C=O) groups is 1. The summed E-state index contributed by atoms with van der Waals surface area (Å²) in [7, 11) is 0. The Kier molecular flexibility index (Phi) is 7.25. The minimum absolute atomic E-state index is 0.0612. The smallest absolute Gasteiger partial charge is 0.270 e. The predicted octanol–water partition coefficient (Wildman–Crippen LogP) is 4.83. The molecule has 0 aliphatic carbocycles. The van der Waals surface area contributed by atoms with Gasteiger partial charge in [0.15, 0.2) is 10.3 Å². The lowest BCUT2D eigenvalue weighted by molar-refractivity contribution is -0.115. The van der Waals surface area contributed by atoms with Crippen LogP contribution in [0.5, 0.6) is 5.75 Å². The number of thioether (sulfide) groups is 1. The zero-order valence-electron chi connectivity index (χ0n) is 18.5. The molecule has 0 radical (unpaired) electrons. The molecule has 10 heteroatoms. The van der Waals surface area contributed by atoms with Crippen molar-refractivity contribution >= 4 is 44.4 Å². The van der Waals surface area contributed by atoms with Gasteiger partial charge in [-0.3, -0.25) is 9.59 Å². The number of benzene rings is 2. The van der Waals surface area contributed by atoms with Crippen molar-refractivity contribution in [3.8, 4) is 23.1 Å². The van der Waals surface area contributed by atoms with E-state index < -0.39 is 10.8 Å². The fourth-order valence-corrected chi connectivity index (χ4v) is 5.07. The van der Waals surface area contributed by atoms with E-state index >= 15 is 0 Å². The number of amides is 1. The van der Waals surface area contributed by atoms with Gasteiger partial charge in [-0.25, -0.2) is 9.97 Å². The molecule has 1 amide bonds. The Bertz CT molecular complexity index is 1430. The van der Waals surface area contributed by atoms with Crippen LogP contribution in [0.1, 0.15) is 25.8 Å². The number of H-pyrrole nitrogens is 1. The Morgan fingerprint density at radius 1 is 1.24 bits per heavy atom. The largest absolute Gasteiger partial charge is 0.494 e. The van der Waals surface area contributed by atoms with Gasteiger partial charge < -0.3 is 15.0 Å². The SMILES string of the molecule is CCOc1ccc2nc(NC(=O)[C@H](CC)Sc3nc(-c4ccccc4)c(C#N)c(=O)[nH]3)sc2c1. The summed E-state index contributed by atoms with van der Waals surface area (Å²) in [5.74, 6) is 0.508. The van der Waals surface area contributed by atoms with Gasteiger partial charge in [-0.1, -0.05) is 60.4 Å². The van der Waals surface area contributed by atoms with Gasteiger partial charge in [0.25, 0.3) is 5.56 Å². The molecular weight excluding hydrogens is 470 g/mol. The standard InChI is InChI=1S/C24H21N5O3S2/c1-3-18(22(31)29-23-26-17-11-10-15(32-4-2)12-19(17)34-23)33-24-27-20(14-8-6-5-7-9-14)16(13-25)21(30)28-24/h5-12,18H,3-4H2,1-2H3,(H,26,29,31)(H,27,28,30)/t18-/m0/s1. The first kappa shape index (κ1) is 23.5. The van der Waals surface area contributed by atoms with Crippen LogP contribution in [0, 0.1) is 11.3 Å². The number of aromatic amines is 1. The van der Waals surface area contributed by atoms with E-state index in [4.69, 9.17) is 4.74 Å². The first-order valence-electron chi connectivity index (χ1n) is 10.6. The molecule has 0 saturated heterocycles. The topological polar surface area (TPSA) is 121 Å². The zero-order valence-corrected chi connectivity index (χ0v) is 20.1. The molecule has 0 fully saturated rings. The van der Waals surface area contributed by atoms with E-state index in [0.29, 0.717) is 29.4 Å². The molecule has 0 spiro atoms. The van der Waals surface area contributed by atoms with Crippen LogP contribution in [0.25, 0.3) is 21.5 Å². The normalized spacial score (nSPS) is 11.7. The van der Waals surface area contributed by atoms with E-state index in [2.05, 4.69) is 20.3 Å². The van der Waals surface area contributed by atoms with Crippen LogP contribution in [0.15, 0.2) is 58.5 Å². The van der Waals surface area contributed by atoms with Crippen molar-refractivity contribution in [2.75, 3.05) is 11.9 Å². The van der Waals surface area contributed by atoms with Crippen LogP contribution < -0.4 is 15.6 Å². The molecule has 0 aliphatic heterocycles. The molecule has 0 aliphatic rings. The van der Waals surface area contributed by atoms with Crippen molar-refractivity contribution in [3.63, 3.8) is 0 Å². The summed E-state index contributed by atoms with van der Waals surface area (Å²) >= 11 is 2.51. The molecule has 2 aromatic carbocycles. The minimum atomic E-state index is -0.537. The van der Waals surface area contributed by atoms with Gasteiger partial charge in [0.1, 0.15) is 17.4 Å². The number of aromatic nitrogens is 3. The molecule has 2 aromatic heterocycles. The lowest BCUT2D eigenvalue weighted by Gasteiger charge is -2.13. The Hall–Kier alpha value is -3.68. The minimum Gasteiger partial charge on any atom is -0.494 e. The first-order valence-corrected chi connectivity index (χ1v) is 12.3. The number of ether oxygens (including phenoxy) is 1. The number of nitriles is 1. The van der Waals surface area contributed by atoms with E-state index in [1.165, 1.54) is 11.3 Å². The Labute approximate surface area is 204 Å². The number of hydrogen-bond acceptors (Lipinski definition) is 8. The third-order valence-corrected chi connectivity index (χ3v) is 7.06. The van der Waals surface area contributed by atoms with Gasteiger partial charge in [0.2, 0.25) is 5.91 Å². The van der Waals surface area contributed by atoms with Crippen molar-refractivity contribution in [2.45, 2.75) is 30.7 Å². The molecule has 0 unspecified atom stereocenters. The maximum absolute atomic E-state index is 13.0. The second kappa shape index (κ2) is 10.5. The molecule has 0 bridgehead atoms. The summed E-state index contributed by atoms with van der Waals surface area (Å²) in [6.45, 7) is 4.37. The van der Waals surface area contributed by atoms with Crippen LogP contribution in [-0.2, 0) is 4.79 Å². The summed E-state index contributed by atoms with van der Waals surface area (Å²) < 4.78 is 6.44. The van der Waals surface area contributed by atoms with Crippen LogP contribution in [-0.4, -0.2) is 32.7 Å². The highest BCUT2D eigenvalue weighted by Crippen LogP contribution is 2.31. The molecule has 0 saturated carbocycles. The van der Waals surface area contributed by atoms with Crippen molar-refractivity contribution in [3.05, 3.63) is 64.4 Å². The fourth-order valence-electron chi connectivity index (χ4n) is 3.27. The number of rotatable bonds is 8. The number of thiazole rings is 1. The average molecular weight is 492 g/mol. The number of carbonyl (C=O) groups excluding carboxylic acids is 1. The molecule has 2 N–H and O–H groups in total. The maximum atomic E-state index is 13.0. The Morgan fingerprint density at radius 3 is 2.74 bits per heavy atom. The molecule has 172 valence electrons. The van der Waals surface area contributed by atoms with E-state index in [1.54, 1.807) is 12.1 Å². The molecule has 4 rings (SSSR count). The highest BCUT2D eigenvalue weighted by molar-refractivity contribution is 8.00. The quantitative estimate of drug-likeness (QED) is 0.268. The molecule has 8 nitrogen and oxygen atoms in total. The van der Waals surface area contributed by atoms with Gasteiger partial charge in [-0.15, -0.1) is 0 Å². The number of fused-ring (bicyclic) bond motifs is 1. The van der Waals surface area contributed by atoms with Gasteiger partial charge in [-0.2, -0.15) is 5.26 Å². The van der Waals surface area contributed by atoms with Crippen molar-refractivity contribution in [1.29, 1.82) is 5.26 Å². The lowest BCUT2D eigenvalue weighted by Crippen LogP contribution is -2.25. The van der Waals surface area contributed by atoms with Crippen LogP contribution in [0.2, 0.25) is 0 Å². The third kappa shape index (κ3) is 5.11. The Balaban J connectivity index is 1.56. The summed E-state index contributed by atoms with van der Waals surface area (Å²) in [5, 5.41) is 12.6.